The van der Waals surface area contributed by atoms with Gasteiger partial charge in [0.2, 0.25) is 0 Å². The summed E-state index contributed by atoms with van der Waals surface area (Å²) in [6.45, 7) is 11.9. The molecule has 3 rings (SSSR count). The van der Waals surface area contributed by atoms with Crippen LogP contribution in [0.1, 0.15) is 49.9 Å². The summed E-state index contributed by atoms with van der Waals surface area (Å²) < 4.78 is 0. The molecule has 2 saturated heterocycles. The van der Waals surface area contributed by atoms with Crippen molar-refractivity contribution in [2.45, 2.75) is 65.1 Å². The predicted octanol–water partition coefficient (Wildman–Crippen LogP) is 3.40. The van der Waals surface area contributed by atoms with Gasteiger partial charge in [-0.1, -0.05) is 20.8 Å². The summed E-state index contributed by atoms with van der Waals surface area (Å²) >= 11 is 1.93. The Balaban J connectivity index is 1.63. The molecule has 0 saturated carbocycles. The maximum atomic E-state index is 4.62. The van der Waals surface area contributed by atoms with E-state index in [1.165, 1.54) is 48.8 Å². The molecule has 118 valence electrons. The molecule has 21 heavy (non-hydrogen) atoms. The highest BCUT2D eigenvalue weighted by molar-refractivity contribution is 7.11. The smallest absolute Gasteiger partial charge is 0.0930 e. The molecular weight excluding hydrogens is 278 g/mol. The number of aromatic nitrogens is 1. The highest BCUT2D eigenvalue weighted by atomic mass is 32.1. The number of nitrogens with zero attached hydrogens (tertiary/aromatic N) is 3. The Kier molecular flexibility index (Phi) is 4.97. The average molecular weight is 308 g/mol. The van der Waals surface area contributed by atoms with Crippen LogP contribution in [0.3, 0.4) is 0 Å². The van der Waals surface area contributed by atoms with Gasteiger partial charge in [-0.05, 0) is 31.7 Å². The maximum Gasteiger partial charge on any atom is 0.0930 e. The monoisotopic (exact) mass is 307 g/mol. The zero-order valence-corrected chi connectivity index (χ0v) is 14.5. The van der Waals surface area contributed by atoms with E-state index >= 15 is 0 Å². The molecule has 4 heteroatoms. The van der Waals surface area contributed by atoms with Gasteiger partial charge >= 0.3 is 0 Å². The SMILES string of the molecule is CCC1CN2CCCC2CN1Cc1cnc(CC(C)C)s1. The molecule has 1 aromatic heterocycles. The lowest BCUT2D eigenvalue weighted by Gasteiger charge is -2.43. The molecule has 0 aromatic carbocycles. The van der Waals surface area contributed by atoms with E-state index in [4.69, 9.17) is 0 Å². The van der Waals surface area contributed by atoms with E-state index in [-0.39, 0.29) is 0 Å². The topological polar surface area (TPSA) is 19.4 Å². The molecule has 0 aliphatic carbocycles. The lowest BCUT2D eigenvalue weighted by molar-refractivity contribution is 0.0443. The van der Waals surface area contributed by atoms with Crippen molar-refractivity contribution in [1.29, 1.82) is 0 Å². The third-order valence-corrected chi connectivity index (χ3v) is 5.92. The van der Waals surface area contributed by atoms with Gasteiger partial charge in [-0.3, -0.25) is 9.80 Å². The second-order valence-electron chi connectivity index (χ2n) is 7.10. The van der Waals surface area contributed by atoms with E-state index < -0.39 is 0 Å². The molecule has 1 aromatic rings. The van der Waals surface area contributed by atoms with E-state index in [0.717, 1.165) is 25.0 Å². The lowest BCUT2D eigenvalue weighted by atomic mass is 10.1. The molecule has 0 spiro atoms. The largest absolute Gasteiger partial charge is 0.298 e. The van der Waals surface area contributed by atoms with Crippen LogP contribution in [0, 0.1) is 5.92 Å². The summed E-state index contributed by atoms with van der Waals surface area (Å²) in [6, 6.07) is 1.55. The number of rotatable bonds is 5. The Morgan fingerprint density at radius 1 is 1.38 bits per heavy atom. The Bertz CT molecular complexity index is 457. The molecule has 2 aliphatic rings. The Hall–Kier alpha value is -0.450. The fraction of sp³-hybridized carbons (Fsp3) is 0.824. The second kappa shape index (κ2) is 6.76. The molecule has 3 heterocycles. The Morgan fingerprint density at radius 3 is 3.00 bits per heavy atom. The van der Waals surface area contributed by atoms with Crippen LogP contribution in [0.25, 0.3) is 0 Å². The van der Waals surface area contributed by atoms with Gasteiger partial charge < -0.3 is 0 Å². The molecule has 2 fully saturated rings. The van der Waals surface area contributed by atoms with E-state index in [0.29, 0.717) is 5.92 Å². The zero-order chi connectivity index (χ0) is 14.8. The van der Waals surface area contributed by atoms with E-state index in [9.17, 15) is 0 Å². The van der Waals surface area contributed by atoms with Crippen LogP contribution in [0.5, 0.6) is 0 Å². The van der Waals surface area contributed by atoms with Gasteiger partial charge in [-0.25, -0.2) is 4.98 Å². The van der Waals surface area contributed by atoms with Crippen LogP contribution in [-0.2, 0) is 13.0 Å². The summed E-state index contributed by atoms with van der Waals surface area (Å²) in [5.41, 5.74) is 0. The van der Waals surface area contributed by atoms with Crippen LogP contribution in [0.2, 0.25) is 0 Å². The van der Waals surface area contributed by atoms with Crippen LogP contribution >= 0.6 is 11.3 Å². The molecule has 2 aliphatic heterocycles. The standard InChI is InChI=1S/C17H29N3S/c1-4-14-10-19-7-5-6-15(19)11-20(14)12-16-9-18-17(21-16)8-13(2)3/h9,13-15H,4-8,10-12H2,1-3H3. The first-order valence-corrected chi connectivity index (χ1v) is 9.39. The van der Waals surface area contributed by atoms with Gasteiger partial charge in [0.05, 0.1) is 5.01 Å². The van der Waals surface area contributed by atoms with Crippen molar-refractivity contribution >= 4 is 11.3 Å². The van der Waals surface area contributed by atoms with Crippen molar-refractivity contribution in [3.63, 3.8) is 0 Å². The molecule has 3 nitrogen and oxygen atoms in total. The van der Waals surface area contributed by atoms with Crippen molar-refractivity contribution in [2.24, 2.45) is 5.92 Å². The fourth-order valence-corrected chi connectivity index (χ4v) is 4.95. The number of thiazole rings is 1. The first-order valence-electron chi connectivity index (χ1n) is 8.57. The third-order valence-electron chi connectivity index (χ3n) is 4.92. The second-order valence-corrected chi connectivity index (χ2v) is 8.30. The lowest BCUT2D eigenvalue weighted by Crippen LogP contribution is -2.55. The van der Waals surface area contributed by atoms with E-state index in [1.54, 1.807) is 0 Å². The molecule has 0 radical (unpaired) electrons. The van der Waals surface area contributed by atoms with Gasteiger partial charge in [0.25, 0.3) is 0 Å². The molecule has 2 unspecified atom stereocenters. The normalized spacial score (nSPS) is 27.4. The van der Waals surface area contributed by atoms with Gasteiger partial charge in [-0.15, -0.1) is 11.3 Å². The predicted molar refractivity (Wildman–Crippen MR) is 89.7 cm³/mol. The van der Waals surface area contributed by atoms with Gasteiger partial charge in [0, 0.05) is 49.2 Å². The van der Waals surface area contributed by atoms with Crippen LogP contribution < -0.4 is 0 Å². The van der Waals surface area contributed by atoms with Gasteiger partial charge in [-0.2, -0.15) is 0 Å². The summed E-state index contributed by atoms with van der Waals surface area (Å²) in [5, 5.41) is 1.31. The fourth-order valence-electron chi connectivity index (χ4n) is 3.79. The highest BCUT2D eigenvalue weighted by Gasteiger charge is 2.35. The average Bonchev–Trinajstić information content (AvgIpc) is 3.06. The van der Waals surface area contributed by atoms with Gasteiger partial charge in [0.1, 0.15) is 0 Å². The van der Waals surface area contributed by atoms with Crippen LogP contribution in [0.4, 0.5) is 0 Å². The van der Waals surface area contributed by atoms with Crippen molar-refractivity contribution in [1.82, 2.24) is 14.8 Å². The van der Waals surface area contributed by atoms with Gasteiger partial charge in [0.15, 0.2) is 0 Å². The molecule has 2 atom stereocenters. The van der Waals surface area contributed by atoms with Crippen molar-refractivity contribution in [2.75, 3.05) is 19.6 Å². The van der Waals surface area contributed by atoms with Crippen LogP contribution in [-0.4, -0.2) is 46.5 Å². The molecule has 0 amide bonds. The third kappa shape index (κ3) is 3.66. The van der Waals surface area contributed by atoms with Crippen molar-refractivity contribution in [3.05, 3.63) is 16.1 Å². The summed E-state index contributed by atoms with van der Waals surface area (Å²) in [6.07, 6.45) is 7.30. The highest BCUT2D eigenvalue weighted by Crippen LogP contribution is 2.28. The first kappa shape index (κ1) is 15.4. The Morgan fingerprint density at radius 2 is 2.24 bits per heavy atom. The summed E-state index contributed by atoms with van der Waals surface area (Å²) in [4.78, 5) is 11.5. The minimum atomic E-state index is 0.703. The van der Waals surface area contributed by atoms with Crippen molar-refractivity contribution < 1.29 is 0 Å². The van der Waals surface area contributed by atoms with Crippen molar-refractivity contribution in [3.8, 4) is 0 Å². The number of hydrogen-bond acceptors (Lipinski definition) is 4. The molecule has 0 bridgehead atoms. The first-order chi connectivity index (χ1) is 10.2. The number of hydrogen-bond donors (Lipinski definition) is 0. The summed E-state index contributed by atoms with van der Waals surface area (Å²) in [5.74, 6) is 0.703. The molecular formula is C17H29N3S. The van der Waals surface area contributed by atoms with Crippen LogP contribution in [0.15, 0.2) is 6.20 Å². The quantitative estimate of drug-likeness (QED) is 0.831. The minimum Gasteiger partial charge on any atom is -0.298 e. The maximum absolute atomic E-state index is 4.62. The van der Waals surface area contributed by atoms with E-state index in [1.807, 2.05) is 11.3 Å². The van der Waals surface area contributed by atoms with E-state index in [2.05, 4.69) is 41.8 Å². The number of piperazine rings is 1. The minimum absolute atomic E-state index is 0.703. The summed E-state index contributed by atoms with van der Waals surface area (Å²) in [7, 11) is 0. The number of fused-ring (bicyclic) bond motifs is 1. The molecule has 0 N–H and O–H groups in total. The zero-order valence-electron chi connectivity index (χ0n) is 13.7. The Labute approximate surface area is 133 Å².